The Balaban J connectivity index is 0.000000153. The summed E-state index contributed by atoms with van der Waals surface area (Å²) in [5, 5.41) is 44.8. The maximum atomic E-state index is 11.7. The van der Waals surface area contributed by atoms with Crippen LogP contribution in [0.2, 0.25) is 0 Å². The number of phenolic OH excluding ortho intramolecular Hbond substituents is 1. The van der Waals surface area contributed by atoms with E-state index in [4.69, 9.17) is 14.6 Å². The number of phenols is 1. The zero-order chi connectivity index (χ0) is 50.8. The Bertz CT molecular complexity index is 2990. The van der Waals surface area contributed by atoms with Gasteiger partial charge in [-0.3, -0.25) is 30.0 Å². The number of para-hydroxylation sites is 2. The number of nitro groups is 2. The Kier molecular flexibility index (Phi) is 16.2. The number of hydrogen-bond donors (Lipinski definition) is 3. The van der Waals surface area contributed by atoms with Gasteiger partial charge < -0.3 is 29.9 Å². The van der Waals surface area contributed by atoms with Crippen LogP contribution in [0.1, 0.15) is 54.2 Å². The Labute approximate surface area is 419 Å². The average Bonchev–Trinajstić information content (AvgIpc) is 3.86. The van der Waals surface area contributed by atoms with E-state index in [0.717, 1.165) is 113 Å². The van der Waals surface area contributed by atoms with Crippen molar-refractivity contribution in [1.82, 2.24) is 20.0 Å². The third kappa shape index (κ3) is 12.2. The second-order valence-corrected chi connectivity index (χ2v) is 18.8. The fraction of sp³-hybridized carbons (Fsp3) is 0.281. The van der Waals surface area contributed by atoms with Crippen molar-refractivity contribution in [3.05, 3.63) is 187 Å². The number of nitrogens with zero attached hydrogens (tertiary/aromatic N) is 5. The van der Waals surface area contributed by atoms with E-state index in [0.29, 0.717) is 31.8 Å². The van der Waals surface area contributed by atoms with Gasteiger partial charge in [0.05, 0.1) is 16.5 Å². The van der Waals surface area contributed by atoms with Crippen LogP contribution < -0.4 is 10.1 Å². The Morgan fingerprint density at radius 1 is 0.611 bits per heavy atom. The fourth-order valence-corrected chi connectivity index (χ4v) is 9.21. The van der Waals surface area contributed by atoms with Gasteiger partial charge in [0.1, 0.15) is 23.7 Å². The molecule has 72 heavy (non-hydrogen) atoms. The molecule has 0 atom stereocenters. The lowest BCUT2D eigenvalue weighted by Crippen LogP contribution is -2.50. The molecule has 2 fully saturated rings. The van der Waals surface area contributed by atoms with Crippen LogP contribution in [0.15, 0.2) is 133 Å². The number of carbonyl (C=O) groups is 1. The number of carbonyl (C=O) groups excluding carboxylic acids is 1. The second-order valence-electron chi connectivity index (χ2n) is 18.8. The molecule has 0 unspecified atom stereocenters. The van der Waals surface area contributed by atoms with Crippen molar-refractivity contribution >= 4 is 40.8 Å². The summed E-state index contributed by atoms with van der Waals surface area (Å²) in [5.74, 6) is 1.01. The lowest BCUT2D eigenvalue weighted by molar-refractivity contribution is -0.385. The largest absolute Gasteiger partial charge is 0.507 e. The standard InChI is InChI=1S/C26H25N3O3.C20H13NO3.C11H22N2O3/c30-29(31)20-9-10-23-21-6-2-3-7-22(21)24(25(23)18-20)17-19-5-1-4-8-26(19)32-16-15-28-13-11-27-12-14-28;22-20-8-4-1-5-13(20)11-18-16-7-3-2-6-15(16)17-10-9-14(21(23)24)12-19(17)18;1-11(2,3)16-10(15)13-6-4-12(5-7-13)8-9-14/h1-10,17-18,27H,11-16H2;1-12,22H;14H,4-9H2,1-3H3. The van der Waals surface area contributed by atoms with Crippen LogP contribution in [0.4, 0.5) is 16.2 Å². The minimum Gasteiger partial charge on any atom is -0.507 e. The van der Waals surface area contributed by atoms with Crippen molar-refractivity contribution in [3.8, 4) is 33.8 Å². The van der Waals surface area contributed by atoms with E-state index in [-0.39, 0.29) is 39.7 Å². The predicted molar refractivity (Wildman–Crippen MR) is 282 cm³/mol. The first-order valence-electron chi connectivity index (χ1n) is 24.2. The first-order valence-corrected chi connectivity index (χ1v) is 24.2. The van der Waals surface area contributed by atoms with Crippen LogP contribution >= 0.6 is 0 Å². The highest BCUT2D eigenvalue weighted by Gasteiger charge is 2.28. The number of benzene rings is 6. The fourth-order valence-electron chi connectivity index (χ4n) is 9.21. The second kappa shape index (κ2) is 23.0. The molecule has 0 radical (unpaired) electrons. The summed E-state index contributed by atoms with van der Waals surface area (Å²) in [6.07, 6.45) is 3.73. The Morgan fingerprint density at radius 3 is 1.61 bits per heavy atom. The molecule has 4 aliphatic rings. The van der Waals surface area contributed by atoms with Gasteiger partial charge in [0.2, 0.25) is 0 Å². The van der Waals surface area contributed by atoms with Crippen LogP contribution in [0.3, 0.4) is 0 Å². The van der Waals surface area contributed by atoms with Gasteiger partial charge in [-0.2, -0.15) is 0 Å². The smallest absolute Gasteiger partial charge is 0.410 e. The van der Waals surface area contributed by atoms with Gasteiger partial charge in [-0.1, -0.05) is 84.9 Å². The van der Waals surface area contributed by atoms with E-state index in [2.05, 4.69) is 33.3 Å². The van der Waals surface area contributed by atoms with Gasteiger partial charge >= 0.3 is 6.09 Å². The minimum absolute atomic E-state index is 0.0599. The van der Waals surface area contributed by atoms with Gasteiger partial charge in [-0.15, -0.1) is 0 Å². The van der Waals surface area contributed by atoms with Crippen molar-refractivity contribution in [3.63, 3.8) is 0 Å². The number of nitro benzene ring substituents is 2. The molecule has 15 nitrogen and oxygen atoms in total. The number of nitrogens with one attached hydrogen (secondary N) is 1. The first kappa shape index (κ1) is 50.7. The minimum atomic E-state index is -0.431. The van der Waals surface area contributed by atoms with E-state index in [9.17, 15) is 30.1 Å². The van der Waals surface area contributed by atoms with Gasteiger partial charge in [0.15, 0.2) is 0 Å². The van der Waals surface area contributed by atoms with Gasteiger partial charge in [0.25, 0.3) is 11.4 Å². The molecule has 0 bridgehead atoms. The topological polar surface area (TPSA) is 184 Å². The lowest BCUT2D eigenvalue weighted by Gasteiger charge is -2.35. The molecule has 372 valence electrons. The highest BCUT2D eigenvalue weighted by Crippen LogP contribution is 2.48. The number of amides is 1. The number of aromatic hydroxyl groups is 1. The Hall–Kier alpha value is -7.69. The molecule has 2 heterocycles. The van der Waals surface area contributed by atoms with Gasteiger partial charge in [-0.05, 0) is 113 Å². The van der Waals surface area contributed by atoms with E-state index >= 15 is 0 Å². The SMILES string of the molecule is CC(C)(C)OC(=O)N1CCN(CCO)CC1.O=[N+]([O-])c1ccc2c(c1)C(=Cc1ccccc1O)c1ccccc1-2.O=[N+]([O-])c1ccc2c(c1)C(=Cc1ccccc1OCCN1CCNCC1)c1ccccc1-2. The van der Waals surface area contributed by atoms with Crippen LogP contribution in [-0.2, 0) is 4.74 Å². The molecule has 0 spiro atoms. The third-order valence-electron chi connectivity index (χ3n) is 12.8. The highest BCUT2D eigenvalue weighted by molar-refractivity contribution is 6.08. The number of piperazine rings is 2. The maximum Gasteiger partial charge on any atom is 0.410 e. The number of aliphatic hydroxyl groups is 1. The molecule has 0 aromatic heterocycles. The molecule has 1 amide bonds. The number of rotatable bonds is 10. The van der Waals surface area contributed by atoms with E-state index in [1.165, 1.54) is 6.07 Å². The Morgan fingerprint density at radius 2 is 1.08 bits per heavy atom. The third-order valence-corrected chi connectivity index (χ3v) is 12.8. The van der Waals surface area contributed by atoms with Crippen molar-refractivity contribution in [2.24, 2.45) is 0 Å². The van der Waals surface area contributed by atoms with Crippen LogP contribution in [0.25, 0.3) is 45.6 Å². The predicted octanol–water partition coefficient (Wildman–Crippen LogP) is 9.85. The average molecular weight is 973 g/mol. The lowest BCUT2D eigenvalue weighted by atomic mass is 10.0. The molecule has 2 saturated heterocycles. The number of hydrogen-bond acceptors (Lipinski definition) is 12. The molecule has 6 aromatic carbocycles. The number of fused-ring (bicyclic) bond motifs is 6. The molecule has 15 heteroatoms. The summed E-state index contributed by atoms with van der Waals surface area (Å²) in [6, 6.07) is 41.1. The number of β-amino-alcohol motifs (C(OH)–C–C–N with tert-alkyl or cyclic N) is 1. The van der Waals surface area contributed by atoms with Gasteiger partial charge in [0, 0.05) is 101 Å². The zero-order valence-electron chi connectivity index (χ0n) is 40.8. The van der Waals surface area contributed by atoms with Crippen LogP contribution in [0, 0.1) is 20.2 Å². The normalized spacial score (nSPS) is 16.0. The van der Waals surface area contributed by atoms with Crippen molar-refractivity contribution in [2.45, 2.75) is 26.4 Å². The van der Waals surface area contributed by atoms with E-state index < -0.39 is 5.60 Å². The summed E-state index contributed by atoms with van der Waals surface area (Å²) >= 11 is 0. The molecule has 2 aliphatic carbocycles. The summed E-state index contributed by atoms with van der Waals surface area (Å²) < 4.78 is 11.5. The van der Waals surface area contributed by atoms with Crippen molar-refractivity contribution in [1.29, 1.82) is 0 Å². The van der Waals surface area contributed by atoms with E-state index in [1.54, 1.807) is 41.3 Å². The van der Waals surface area contributed by atoms with E-state index in [1.807, 2.05) is 106 Å². The molecule has 3 N–H and O–H groups in total. The monoisotopic (exact) mass is 972 g/mol. The van der Waals surface area contributed by atoms with Crippen molar-refractivity contribution < 1.29 is 34.3 Å². The summed E-state index contributed by atoms with van der Waals surface area (Å²) in [7, 11) is 0. The summed E-state index contributed by atoms with van der Waals surface area (Å²) in [6.45, 7) is 15.1. The summed E-state index contributed by atoms with van der Waals surface area (Å²) in [5.41, 5.74) is 11.2. The molecular weight excluding hydrogens is 913 g/mol. The van der Waals surface area contributed by atoms with Crippen LogP contribution in [-0.4, -0.2) is 125 Å². The molecule has 6 aromatic rings. The molecule has 10 rings (SSSR count). The molecule has 2 aliphatic heterocycles. The molecule has 0 saturated carbocycles. The summed E-state index contributed by atoms with van der Waals surface area (Å²) in [4.78, 5) is 39.8. The zero-order valence-corrected chi connectivity index (χ0v) is 40.8. The number of ether oxygens (including phenoxy) is 2. The number of aliphatic hydroxyl groups excluding tert-OH is 1. The maximum absolute atomic E-state index is 11.7. The van der Waals surface area contributed by atoms with Gasteiger partial charge in [-0.25, -0.2) is 4.79 Å². The molecular formula is C57H60N6O9. The van der Waals surface area contributed by atoms with Crippen LogP contribution in [0.5, 0.6) is 11.5 Å². The van der Waals surface area contributed by atoms with Crippen molar-refractivity contribution in [2.75, 3.05) is 78.7 Å². The quantitative estimate of drug-likeness (QED) is 0.0872. The number of non-ortho nitro benzene ring substituents is 2. The highest BCUT2D eigenvalue weighted by atomic mass is 16.6. The first-order chi connectivity index (χ1) is 34.8.